The Hall–Kier alpha value is -0.880. The van der Waals surface area contributed by atoms with Crippen molar-refractivity contribution < 1.29 is 14.0 Å². The van der Waals surface area contributed by atoms with Gasteiger partial charge in [-0.05, 0) is 58.8 Å². The van der Waals surface area contributed by atoms with Crippen LogP contribution in [0.5, 0.6) is 0 Å². The zero-order valence-electron chi connectivity index (χ0n) is 15.1. The fraction of sp³-hybridized carbons (Fsp3) is 0. The first-order valence-corrected chi connectivity index (χ1v) is 6.36. The van der Waals surface area contributed by atoms with Crippen molar-refractivity contribution in [2.75, 3.05) is 0 Å². The summed E-state index contributed by atoms with van der Waals surface area (Å²) >= 11 is 4.82. The predicted molar refractivity (Wildman–Crippen MR) is 79.9 cm³/mol. The van der Waals surface area contributed by atoms with Crippen LogP contribution in [0.1, 0.15) is 9.60 Å². The Labute approximate surface area is 130 Å². The molecule has 0 saturated carbocycles. The van der Waals surface area contributed by atoms with Gasteiger partial charge in [0.05, 0.1) is 9.60 Å². The van der Waals surface area contributed by atoms with Gasteiger partial charge in [0.1, 0.15) is 5.52 Å². The molecular formula is C13H7BrINO. The molecule has 1 heterocycles. The molecule has 2 aromatic carbocycles. The number of halogens is 2. The minimum Gasteiger partial charge on any atom is -0.436 e. The molecule has 0 spiro atoms. The number of nitrogens with zero attached hydrogens (tertiary/aromatic N) is 1. The third-order valence-electron chi connectivity index (χ3n) is 1.95. The molecule has 0 bridgehead atoms. The van der Waals surface area contributed by atoms with Crippen molar-refractivity contribution in [1.29, 1.82) is 0 Å². The predicted octanol–water partition coefficient (Wildman–Crippen LogP) is 4.86. The third-order valence-corrected chi connectivity index (χ3v) is 2.89. The highest BCUT2D eigenvalue weighted by Gasteiger charge is 2.08. The van der Waals surface area contributed by atoms with Crippen LogP contribution in [0.3, 0.4) is 0 Å². The first-order valence-electron chi connectivity index (χ1n) is 7.98. The summed E-state index contributed by atoms with van der Waals surface area (Å²) in [6.07, 6.45) is 0. The molecule has 84 valence electrons. The van der Waals surface area contributed by atoms with Gasteiger partial charge < -0.3 is 4.42 Å². The summed E-state index contributed by atoms with van der Waals surface area (Å²) in [6, 6.07) is -1.72. The van der Waals surface area contributed by atoms with Gasteiger partial charge >= 0.3 is 0 Å². The number of hydrogen-bond donors (Lipinski definition) is 0. The lowest BCUT2D eigenvalue weighted by molar-refractivity contribution is 0.620. The van der Waals surface area contributed by atoms with Crippen LogP contribution in [0.2, 0.25) is 0 Å². The van der Waals surface area contributed by atoms with E-state index >= 15 is 0 Å². The molecule has 0 fully saturated rings. The summed E-state index contributed by atoms with van der Waals surface area (Å²) < 4.78 is 61.1. The quantitative estimate of drug-likeness (QED) is 0.539. The lowest BCUT2D eigenvalue weighted by Gasteiger charge is -1.94. The lowest BCUT2D eigenvalue weighted by atomic mass is 10.2. The summed E-state index contributed by atoms with van der Waals surface area (Å²) in [5.41, 5.74) is -0.121. The average Bonchev–Trinajstić information content (AvgIpc) is 2.99. The van der Waals surface area contributed by atoms with Crippen molar-refractivity contribution in [3.05, 3.63) is 50.3 Å². The van der Waals surface area contributed by atoms with E-state index in [9.17, 15) is 0 Å². The maximum Gasteiger partial charge on any atom is 0.227 e. The fourth-order valence-corrected chi connectivity index (χ4v) is 1.96. The number of benzene rings is 2. The van der Waals surface area contributed by atoms with E-state index in [4.69, 9.17) is 14.0 Å². The van der Waals surface area contributed by atoms with Crippen LogP contribution in [0.25, 0.3) is 22.6 Å². The summed E-state index contributed by atoms with van der Waals surface area (Å²) in [5.74, 6) is -0.175. The standard InChI is InChI=1S/C13H7BrINO/c14-9-4-5-12-11(7-9)16-13(17-12)8-2-1-3-10(15)6-8/h1-7H/i1D,2D,3D,4D,5D,6D,7D. The highest BCUT2D eigenvalue weighted by Crippen LogP contribution is 2.26. The molecule has 0 aliphatic carbocycles. The van der Waals surface area contributed by atoms with Crippen LogP contribution < -0.4 is 0 Å². The summed E-state index contributed by atoms with van der Waals surface area (Å²) in [4.78, 5) is 4.10. The molecule has 0 unspecified atom stereocenters. The third kappa shape index (κ3) is 2.24. The highest BCUT2D eigenvalue weighted by atomic mass is 127. The molecule has 3 aromatic rings. The van der Waals surface area contributed by atoms with E-state index in [-0.39, 0.29) is 72.9 Å². The van der Waals surface area contributed by atoms with Crippen LogP contribution >= 0.6 is 38.5 Å². The molecular weight excluding hydrogens is 393 g/mol. The van der Waals surface area contributed by atoms with Crippen molar-refractivity contribution in [3.63, 3.8) is 0 Å². The second kappa shape index (κ2) is 4.42. The molecule has 2 nitrogen and oxygen atoms in total. The maximum absolute atomic E-state index is 8.11. The second-order valence-corrected chi connectivity index (χ2v) is 4.95. The van der Waals surface area contributed by atoms with Gasteiger partial charge in [-0.1, -0.05) is 22.0 Å². The van der Waals surface area contributed by atoms with E-state index in [2.05, 4.69) is 20.9 Å². The Morgan fingerprint density at radius 3 is 3.00 bits per heavy atom. The van der Waals surface area contributed by atoms with Gasteiger partial charge in [-0.15, -0.1) is 0 Å². The Morgan fingerprint density at radius 1 is 1.24 bits per heavy atom. The van der Waals surface area contributed by atoms with Crippen molar-refractivity contribution in [1.82, 2.24) is 4.98 Å². The molecule has 4 heteroatoms. The van der Waals surface area contributed by atoms with Crippen LogP contribution in [-0.4, -0.2) is 4.98 Å². The van der Waals surface area contributed by atoms with Gasteiger partial charge in [-0.3, -0.25) is 0 Å². The minimum absolute atomic E-state index is 0.0353. The van der Waals surface area contributed by atoms with E-state index in [0.29, 0.717) is 0 Å². The van der Waals surface area contributed by atoms with E-state index < -0.39 is 0 Å². The molecule has 0 radical (unpaired) electrons. The van der Waals surface area contributed by atoms with Gasteiger partial charge in [-0.25, -0.2) is 4.98 Å². The Morgan fingerprint density at radius 2 is 2.12 bits per heavy atom. The van der Waals surface area contributed by atoms with Gasteiger partial charge in [0.15, 0.2) is 5.58 Å². The number of hydrogen-bond acceptors (Lipinski definition) is 2. The molecule has 0 atom stereocenters. The zero-order valence-corrected chi connectivity index (χ0v) is 11.9. The Balaban J connectivity index is 2.42. The number of fused-ring (bicyclic) bond motifs is 1. The highest BCUT2D eigenvalue weighted by molar-refractivity contribution is 14.1. The SMILES string of the molecule is [2H]c1c([2H])c(I)c([2H])c(-c2nc3c([2H])c(Br)c([2H])c([2H])c3o2)c1[2H]. The topological polar surface area (TPSA) is 26.0 Å². The molecule has 0 amide bonds. The van der Waals surface area contributed by atoms with Gasteiger partial charge in [0, 0.05) is 13.6 Å². The van der Waals surface area contributed by atoms with Crippen LogP contribution in [0.4, 0.5) is 0 Å². The van der Waals surface area contributed by atoms with E-state index in [0.717, 1.165) is 0 Å². The largest absolute Gasteiger partial charge is 0.436 e. The Bertz CT molecular complexity index is 946. The first-order chi connectivity index (χ1) is 11.2. The van der Waals surface area contributed by atoms with Crippen LogP contribution in [0, 0.1) is 3.57 Å². The molecule has 0 aliphatic heterocycles. The molecule has 0 N–H and O–H groups in total. The van der Waals surface area contributed by atoms with Crippen molar-refractivity contribution in [3.8, 4) is 11.5 Å². The van der Waals surface area contributed by atoms with Gasteiger partial charge in [-0.2, -0.15) is 0 Å². The lowest BCUT2D eigenvalue weighted by Crippen LogP contribution is -1.77. The summed E-state index contributed by atoms with van der Waals surface area (Å²) in [5, 5.41) is 0. The molecule has 0 saturated heterocycles. The summed E-state index contributed by atoms with van der Waals surface area (Å²) in [6.45, 7) is 0. The summed E-state index contributed by atoms with van der Waals surface area (Å²) in [7, 11) is 0. The van der Waals surface area contributed by atoms with Crippen LogP contribution in [-0.2, 0) is 0 Å². The number of oxazole rings is 1. The average molecular weight is 407 g/mol. The van der Waals surface area contributed by atoms with Crippen molar-refractivity contribution >= 4 is 49.6 Å². The number of rotatable bonds is 1. The van der Waals surface area contributed by atoms with Gasteiger partial charge in [0.2, 0.25) is 5.89 Å². The van der Waals surface area contributed by atoms with E-state index in [1.165, 1.54) is 0 Å². The fourth-order valence-electron chi connectivity index (χ4n) is 1.27. The molecule has 1 aromatic heterocycles. The van der Waals surface area contributed by atoms with Gasteiger partial charge in [0.25, 0.3) is 0 Å². The Kier molecular flexibility index (Phi) is 1.52. The monoisotopic (exact) mass is 406 g/mol. The minimum atomic E-state index is -0.375. The van der Waals surface area contributed by atoms with Crippen LogP contribution in [0.15, 0.2) is 51.2 Å². The van der Waals surface area contributed by atoms with E-state index in [1.807, 2.05) is 0 Å². The zero-order chi connectivity index (χ0) is 17.9. The first kappa shape index (κ1) is 5.84. The molecule has 17 heavy (non-hydrogen) atoms. The van der Waals surface area contributed by atoms with E-state index in [1.54, 1.807) is 22.6 Å². The molecule has 3 rings (SSSR count). The maximum atomic E-state index is 8.11. The smallest absolute Gasteiger partial charge is 0.227 e. The van der Waals surface area contributed by atoms with Crippen molar-refractivity contribution in [2.45, 2.75) is 0 Å². The van der Waals surface area contributed by atoms with Crippen molar-refractivity contribution in [2.24, 2.45) is 0 Å². The normalized spacial score (nSPS) is 16.7. The number of aromatic nitrogens is 1. The molecule has 0 aliphatic rings. The second-order valence-electron chi connectivity index (χ2n) is 3.07.